The van der Waals surface area contributed by atoms with E-state index in [1.54, 1.807) is 0 Å². The molecule has 0 aliphatic carbocycles. The Morgan fingerprint density at radius 3 is 3.12 bits per heavy atom. The van der Waals surface area contributed by atoms with E-state index in [2.05, 4.69) is 23.0 Å². The Morgan fingerprint density at radius 1 is 1.38 bits per heavy atom. The summed E-state index contributed by atoms with van der Waals surface area (Å²) in [6, 6.07) is 0.516. The number of aromatic nitrogens is 2. The van der Waals surface area contributed by atoms with Crippen molar-refractivity contribution in [1.82, 2.24) is 14.9 Å². The van der Waals surface area contributed by atoms with Crippen molar-refractivity contribution in [2.24, 2.45) is 5.92 Å². The van der Waals surface area contributed by atoms with Gasteiger partial charge in [-0.1, -0.05) is 13.3 Å². The average molecular weight is 219 g/mol. The van der Waals surface area contributed by atoms with E-state index in [9.17, 15) is 0 Å². The molecule has 0 amide bonds. The van der Waals surface area contributed by atoms with Gasteiger partial charge in [-0.25, -0.2) is 4.98 Å². The Balaban J connectivity index is 1.80. The molecule has 16 heavy (non-hydrogen) atoms. The van der Waals surface area contributed by atoms with Gasteiger partial charge in [-0.2, -0.15) is 0 Å². The monoisotopic (exact) mass is 219 g/mol. The Labute approximate surface area is 97.3 Å². The van der Waals surface area contributed by atoms with Crippen LogP contribution in [0, 0.1) is 5.92 Å². The third kappa shape index (κ3) is 1.88. The highest BCUT2D eigenvalue weighted by Crippen LogP contribution is 2.25. The molecule has 3 heteroatoms. The predicted molar refractivity (Wildman–Crippen MR) is 64.3 cm³/mol. The van der Waals surface area contributed by atoms with Gasteiger partial charge in [-0.15, -0.1) is 0 Å². The van der Waals surface area contributed by atoms with Gasteiger partial charge >= 0.3 is 0 Å². The van der Waals surface area contributed by atoms with Crippen LogP contribution in [0.15, 0.2) is 6.20 Å². The summed E-state index contributed by atoms with van der Waals surface area (Å²) in [7, 11) is 0. The van der Waals surface area contributed by atoms with E-state index in [1.807, 2.05) is 0 Å². The van der Waals surface area contributed by atoms with Crippen molar-refractivity contribution >= 4 is 0 Å². The van der Waals surface area contributed by atoms with Crippen molar-refractivity contribution in [3.05, 3.63) is 17.7 Å². The molecule has 1 aromatic heterocycles. The summed E-state index contributed by atoms with van der Waals surface area (Å²) in [5.41, 5.74) is 1.28. The first kappa shape index (κ1) is 10.3. The molecule has 0 aromatic carbocycles. The second-order valence-electron chi connectivity index (χ2n) is 5.38. The topological polar surface area (TPSA) is 29.9 Å². The first-order valence-corrected chi connectivity index (χ1v) is 6.62. The lowest BCUT2D eigenvalue weighted by molar-refractivity contribution is 0.394. The van der Waals surface area contributed by atoms with Crippen LogP contribution in [0.3, 0.4) is 0 Å². The SMILES string of the molecule is C[C@H]1CCc2nc([C@@H]3CCCCN3)cn2C1. The van der Waals surface area contributed by atoms with E-state index >= 15 is 0 Å². The maximum Gasteiger partial charge on any atom is 0.109 e. The minimum atomic E-state index is 0.516. The lowest BCUT2D eigenvalue weighted by Crippen LogP contribution is -2.27. The van der Waals surface area contributed by atoms with Crippen LogP contribution in [0.4, 0.5) is 0 Å². The van der Waals surface area contributed by atoms with Gasteiger partial charge in [-0.05, 0) is 31.7 Å². The molecule has 3 rings (SSSR count). The summed E-state index contributed by atoms with van der Waals surface area (Å²) in [6.45, 7) is 4.65. The Hall–Kier alpha value is -0.830. The molecule has 1 saturated heterocycles. The molecule has 0 saturated carbocycles. The lowest BCUT2D eigenvalue weighted by Gasteiger charge is -2.21. The van der Waals surface area contributed by atoms with Crippen LogP contribution < -0.4 is 5.32 Å². The van der Waals surface area contributed by atoms with Crippen molar-refractivity contribution in [1.29, 1.82) is 0 Å². The smallest absolute Gasteiger partial charge is 0.109 e. The van der Waals surface area contributed by atoms with Gasteiger partial charge in [0.15, 0.2) is 0 Å². The molecule has 0 spiro atoms. The van der Waals surface area contributed by atoms with E-state index in [0.29, 0.717) is 6.04 Å². The lowest BCUT2D eigenvalue weighted by atomic mass is 10.0. The van der Waals surface area contributed by atoms with Crippen molar-refractivity contribution in [3.8, 4) is 0 Å². The molecule has 2 atom stereocenters. The van der Waals surface area contributed by atoms with Crippen LogP contribution in [0.25, 0.3) is 0 Å². The molecule has 0 bridgehead atoms. The summed E-state index contributed by atoms with van der Waals surface area (Å²) in [4.78, 5) is 4.81. The molecule has 88 valence electrons. The number of hydrogen-bond donors (Lipinski definition) is 1. The van der Waals surface area contributed by atoms with Gasteiger partial charge in [-0.3, -0.25) is 0 Å². The van der Waals surface area contributed by atoms with Crippen LogP contribution in [-0.4, -0.2) is 16.1 Å². The van der Waals surface area contributed by atoms with Gasteiger partial charge in [0, 0.05) is 19.2 Å². The highest BCUT2D eigenvalue weighted by molar-refractivity contribution is 5.11. The van der Waals surface area contributed by atoms with Gasteiger partial charge in [0.2, 0.25) is 0 Å². The number of hydrogen-bond acceptors (Lipinski definition) is 2. The molecule has 0 radical (unpaired) electrons. The van der Waals surface area contributed by atoms with Gasteiger partial charge in [0.1, 0.15) is 5.82 Å². The minimum absolute atomic E-state index is 0.516. The highest BCUT2D eigenvalue weighted by atomic mass is 15.1. The van der Waals surface area contributed by atoms with Crippen molar-refractivity contribution < 1.29 is 0 Å². The molecule has 1 N–H and O–H groups in total. The number of fused-ring (bicyclic) bond motifs is 1. The number of nitrogens with zero attached hydrogens (tertiary/aromatic N) is 2. The minimum Gasteiger partial charge on any atom is -0.334 e. The quantitative estimate of drug-likeness (QED) is 0.785. The normalized spacial score (nSPS) is 30.1. The van der Waals surface area contributed by atoms with Gasteiger partial charge in [0.25, 0.3) is 0 Å². The Morgan fingerprint density at radius 2 is 2.31 bits per heavy atom. The molecule has 3 nitrogen and oxygen atoms in total. The highest BCUT2D eigenvalue weighted by Gasteiger charge is 2.22. The van der Waals surface area contributed by atoms with Crippen molar-refractivity contribution in [3.63, 3.8) is 0 Å². The summed E-state index contributed by atoms with van der Waals surface area (Å²) in [6.07, 6.45) is 8.67. The van der Waals surface area contributed by atoms with E-state index in [0.717, 1.165) is 25.4 Å². The molecular formula is C13H21N3. The molecule has 3 heterocycles. The van der Waals surface area contributed by atoms with Gasteiger partial charge in [0.05, 0.1) is 11.7 Å². The zero-order chi connectivity index (χ0) is 11.0. The van der Waals surface area contributed by atoms with Crippen LogP contribution in [0.5, 0.6) is 0 Å². The summed E-state index contributed by atoms with van der Waals surface area (Å²) < 4.78 is 2.37. The number of aryl methyl sites for hydroxylation is 1. The van der Waals surface area contributed by atoms with Crippen LogP contribution in [-0.2, 0) is 13.0 Å². The van der Waals surface area contributed by atoms with E-state index in [1.165, 1.54) is 37.2 Å². The van der Waals surface area contributed by atoms with E-state index in [-0.39, 0.29) is 0 Å². The first-order chi connectivity index (χ1) is 7.83. The summed E-state index contributed by atoms with van der Waals surface area (Å²) >= 11 is 0. The molecule has 2 aliphatic rings. The van der Waals surface area contributed by atoms with Crippen LogP contribution in [0.1, 0.15) is 50.2 Å². The Bertz CT molecular complexity index is 363. The fraction of sp³-hybridized carbons (Fsp3) is 0.769. The average Bonchev–Trinajstić information content (AvgIpc) is 2.73. The first-order valence-electron chi connectivity index (χ1n) is 6.62. The molecular weight excluding hydrogens is 198 g/mol. The molecule has 0 unspecified atom stereocenters. The maximum absolute atomic E-state index is 4.81. The summed E-state index contributed by atoms with van der Waals surface area (Å²) in [5, 5.41) is 3.58. The second-order valence-corrected chi connectivity index (χ2v) is 5.38. The molecule has 1 fully saturated rings. The zero-order valence-corrected chi connectivity index (χ0v) is 10.1. The van der Waals surface area contributed by atoms with Crippen LogP contribution >= 0.6 is 0 Å². The number of rotatable bonds is 1. The third-order valence-electron chi connectivity index (χ3n) is 3.91. The fourth-order valence-electron chi connectivity index (χ4n) is 2.91. The third-order valence-corrected chi connectivity index (χ3v) is 3.91. The van der Waals surface area contributed by atoms with E-state index in [4.69, 9.17) is 4.98 Å². The fourth-order valence-corrected chi connectivity index (χ4v) is 2.91. The maximum atomic E-state index is 4.81. The largest absolute Gasteiger partial charge is 0.334 e. The van der Waals surface area contributed by atoms with Crippen LogP contribution in [0.2, 0.25) is 0 Å². The second kappa shape index (κ2) is 4.21. The number of nitrogens with one attached hydrogen (secondary N) is 1. The van der Waals surface area contributed by atoms with E-state index < -0.39 is 0 Å². The van der Waals surface area contributed by atoms with Crippen molar-refractivity contribution in [2.75, 3.05) is 6.54 Å². The zero-order valence-electron chi connectivity index (χ0n) is 10.1. The Kier molecular flexibility index (Phi) is 2.72. The summed E-state index contributed by atoms with van der Waals surface area (Å²) in [5.74, 6) is 2.12. The van der Waals surface area contributed by atoms with Crippen molar-refractivity contribution in [2.45, 2.75) is 51.6 Å². The number of imidazole rings is 1. The standard InChI is InChI=1S/C13H21N3/c1-10-5-6-13-15-12(9-16(13)8-10)11-4-2-3-7-14-11/h9-11,14H,2-8H2,1H3/t10-,11-/m0/s1. The van der Waals surface area contributed by atoms with Gasteiger partial charge < -0.3 is 9.88 Å². The number of piperidine rings is 1. The predicted octanol–water partition coefficient (Wildman–Crippen LogP) is 2.28. The molecule has 1 aromatic rings. The molecule has 2 aliphatic heterocycles.